The fourth-order valence-electron chi connectivity index (χ4n) is 1.71. The van der Waals surface area contributed by atoms with Gasteiger partial charge in [-0.3, -0.25) is 0 Å². The number of hydrogen-bond donors (Lipinski definition) is 2. The number of rotatable bonds is 6. The van der Waals surface area contributed by atoms with Crippen LogP contribution < -0.4 is 10.6 Å². The molecule has 2 N–H and O–H groups in total. The Morgan fingerprint density at radius 2 is 2.13 bits per heavy atom. The van der Waals surface area contributed by atoms with Crippen molar-refractivity contribution in [2.24, 2.45) is 0 Å². The van der Waals surface area contributed by atoms with Crippen molar-refractivity contribution in [3.8, 4) is 0 Å². The van der Waals surface area contributed by atoms with Crippen LogP contribution in [0, 0.1) is 0 Å². The number of amides is 2. The lowest BCUT2D eigenvalue weighted by molar-refractivity contribution is 0.236. The van der Waals surface area contributed by atoms with E-state index in [1.165, 1.54) is 19.3 Å². The van der Waals surface area contributed by atoms with E-state index in [-0.39, 0.29) is 6.03 Å². The number of thioether (sulfide) groups is 1. The van der Waals surface area contributed by atoms with Crippen molar-refractivity contribution in [3.63, 3.8) is 0 Å². The SMILES string of the molecule is CCCCNC(=O)NCC1(SC)CCC1. The molecule has 0 aromatic rings. The van der Waals surface area contributed by atoms with Gasteiger partial charge in [0.15, 0.2) is 0 Å². The maximum Gasteiger partial charge on any atom is 0.314 e. The van der Waals surface area contributed by atoms with Gasteiger partial charge in [0, 0.05) is 17.8 Å². The van der Waals surface area contributed by atoms with Crippen LogP contribution in [0.4, 0.5) is 4.79 Å². The van der Waals surface area contributed by atoms with Crippen LogP contribution in [0.15, 0.2) is 0 Å². The van der Waals surface area contributed by atoms with Crippen LogP contribution in [0.3, 0.4) is 0 Å². The summed E-state index contributed by atoms with van der Waals surface area (Å²) < 4.78 is 0.335. The van der Waals surface area contributed by atoms with Crippen LogP contribution in [0.1, 0.15) is 39.0 Å². The molecule has 1 fully saturated rings. The Labute approximate surface area is 96.8 Å². The van der Waals surface area contributed by atoms with Gasteiger partial charge in [-0.1, -0.05) is 19.8 Å². The van der Waals surface area contributed by atoms with Crippen molar-refractivity contribution in [2.75, 3.05) is 19.3 Å². The minimum absolute atomic E-state index is 0.0104. The third-order valence-electron chi connectivity index (χ3n) is 3.08. The van der Waals surface area contributed by atoms with E-state index in [2.05, 4.69) is 23.8 Å². The molecule has 0 radical (unpaired) electrons. The van der Waals surface area contributed by atoms with Gasteiger partial charge in [0.1, 0.15) is 0 Å². The molecule has 4 heteroatoms. The second kappa shape index (κ2) is 6.26. The van der Waals surface area contributed by atoms with Gasteiger partial charge in [0.2, 0.25) is 0 Å². The van der Waals surface area contributed by atoms with Crippen molar-refractivity contribution in [1.29, 1.82) is 0 Å². The molecule has 0 heterocycles. The fraction of sp³-hybridized carbons (Fsp3) is 0.909. The van der Waals surface area contributed by atoms with E-state index >= 15 is 0 Å². The Balaban J connectivity index is 2.10. The lowest BCUT2D eigenvalue weighted by Gasteiger charge is -2.40. The van der Waals surface area contributed by atoms with E-state index in [0.717, 1.165) is 25.9 Å². The third kappa shape index (κ3) is 3.93. The van der Waals surface area contributed by atoms with Crippen LogP contribution in [-0.4, -0.2) is 30.1 Å². The molecule has 88 valence electrons. The molecular weight excluding hydrogens is 208 g/mol. The van der Waals surface area contributed by atoms with Crippen molar-refractivity contribution < 1.29 is 4.79 Å². The molecule has 1 aliphatic carbocycles. The molecular formula is C11H22N2OS. The first-order chi connectivity index (χ1) is 7.22. The molecule has 0 bridgehead atoms. The summed E-state index contributed by atoms with van der Waals surface area (Å²) in [6, 6.07) is -0.0104. The van der Waals surface area contributed by atoms with Gasteiger partial charge in [-0.2, -0.15) is 11.8 Å². The van der Waals surface area contributed by atoms with E-state index < -0.39 is 0 Å². The molecule has 0 aromatic carbocycles. The number of hydrogen-bond acceptors (Lipinski definition) is 2. The topological polar surface area (TPSA) is 41.1 Å². The summed E-state index contributed by atoms with van der Waals surface area (Å²) in [7, 11) is 0. The Kier molecular flexibility index (Phi) is 5.29. The zero-order chi connectivity index (χ0) is 11.1. The van der Waals surface area contributed by atoms with Crippen molar-refractivity contribution in [1.82, 2.24) is 10.6 Å². The predicted octanol–water partition coefficient (Wildman–Crippen LogP) is 2.37. The molecule has 1 rings (SSSR count). The van der Waals surface area contributed by atoms with Crippen molar-refractivity contribution >= 4 is 17.8 Å². The number of carbonyl (C=O) groups excluding carboxylic acids is 1. The van der Waals surface area contributed by atoms with Gasteiger partial charge < -0.3 is 10.6 Å². The molecule has 1 aliphatic rings. The quantitative estimate of drug-likeness (QED) is 0.688. The van der Waals surface area contributed by atoms with Crippen LogP contribution in [0.2, 0.25) is 0 Å². The molecule has 0 unspecified atom stereocenters. The first-order valence-corrected chi connectivity index (χ1v) is 7.02. The minimum atomic E-state index is -0.0104. The van der Waals surface area contributed by atoms with E-state index in [4.69, 9.17) is 0 Å². The van der Waals surface area contributed by atoms with Gasteiger partial charge in [-0.15, -0.1) is 0 Å². The standard InChI is InChI=1S/C11H22N2OS/c1-3-4-8-12-10(14)13-9-11(15-2)6-5-7-11/h3-9H2,1-2H3,(H2,12,13,14). The van der Waals surface area contributed by atoms with Gasteiger partial charge in [0.25, 0.3) is 0 Å². The zero-order valence-electron chi connectivity index (χ0n) is 9.77. The lowest BCUT2D eigenvalue weighted by Crippen LogP contribution is -2.48. The summed E-state index contributed by atoms with van der Waals surface area (Å²) in [6.07, 6.45) is 8.10. The Morgan fingerprint density at radius 1 is 1.40 bits per heavy atom. The minimum Gasteiger partial charge on any atom is -0.338 e. The second-order valence-electron chi connectivity index (χ2n) is 4.20. The van der Waals surface area contributed by atoms with Crippen molar-refractivity contribution in [2.45, 2.75) is 43.8 Å². The maximum absolute atomic E-state index is 11.4. The highest BCUT2D eigenvalue weighted by atomic mass is 32.2. The molecule has 0 aromatic heterocycles. The monoisotopic (exact) mass is 230 g/mol. The predicted molar refractivity (Wildman–Crippen MR) is 66.4 cm³/mol. The highest BCUT2D eigenvalue weighted by Crippen LogP contribution is 2.42. The average molecular weight is 230 g/mol. The zero-order valence-corrected chi connectivity index (χ0v) is 10.6. The third-order valence-corrected chi connectivity index (χ3v) is 4.50. The van der Waals surface area contributed by atoms with E-state index in [1.807, 2.05) is 11.8 Å². The number of urea groups is 1. The molecule has 0 aliphatic heterocycles. The number of carbonyl (C=O) groups is 1. The molecule has 0 atom stereocenters. The Hall–Kier alpha value is -0.380. The molecule has 1 saturated carbocycles. The van der Waals surface area contributed by atoms with Crippen molar-refractivity contribution in [3.05, 3.63) is 0 Å². The summed E-state index contributed by atoms with van der Waals surface area (Å²) in [4.78, 5) is 11.4. The summed E-state index contributed by atoms with van der Waals surface area (Å²) in [5.74, 6) is 0. The second-order valence-corrected chi connectivity index (χ2v) is 5.48. The van der Waals surface area contributed by atoms with Gasteiger partial charge in [0.05, 0.1) is 0 Å². The van der Waals surface area contributed by atoms with Gasteiger partial charge in [-0.25, -0.2) is 4.79 Å². The molecule has 2 amide bonds. The largest absolute Gasteiger partial charge is 0.338 e. The first-order valence-electron chi connectivity index (χ1n) is 5.79. The molecule has 3 nitrogen and oxygen atoms in total. The highest BCUT2D eigenvalue weighted by molar-refractivity contribution is 8.00. The molecule has 0 spiro atoms. The van der Waals surface area contributed by atoms with E-state index in [0.29, 0.717) is 4.75 Å². The van der Waals surface area contributed by atoms with E-state index in [9.17, 15) is 4.79 Å². The summed E-state index contributed by atoms with van der Waals surface area (Å²) >= 11 is 1.89. The summed E-state index contributed by atoms with van der Waals surface area (Å²) in [5, 5.41) is 5.83. The summed E-state index contributed by atoms with van der Waals surface area (Å²) in [5.41, 5.74) is 0. The van der Waals surface area contributed by atoms with Gasteiger partial charge in [-0.05, 0) is 25.5 Å². The van der Waals surface area contributed by atoms with Crippen LogP contribution >= 0.6 is 11.8 Å². The van der Waals surface area contributed by atoms with Crippen LogP contribution in [0.25, 0.3) is 0 Å². The summed E-state index contributed by atoms with van der Waals surface area (Å²) in [6.45, 7) is 3.72. The maximum atomic E-state index is 11.4. The molecule has 0 saturated heterocycles. The van der Waals surface area contributed by atoms with E-state index in [1.54, 1.807) is 0 Å². The first kappa shape index (κ1) is 12.7. The molecule has 15 heavy (non-hydrogen) atoms. The normalized spacial score (nSPS) is 18.0. The smallest absolute Gasteiger partial charge is 0.314 e. The highest BCUT2D eigenvalue weighted by Gasteiger charge is 2.36. The number of nitrogens with one attached hydrogen (secondary N) is 2. The lowest BCUT2D eigenvalue weighted by atomic mass is 9.84. The van der Waals surface area contributed by atoms with Crippen LogP contribution in [-0.2, 0) is 0 Å². The Morgan fingerprint density at radius 3 is 2.60 bits per heavy atom. The fourth-order valence-corrected chi connectivity index (χ4v) is 2.62. The number of unbranched alkanes of at least 4 members (excludes halogenated alkanes) is 1. The van der Waals surface area contributed by atoms with Crippen LogP contribution in [0.5, 0.6) is 0 Å². The average Bonchev–Trinajstić information content (AvgIpc) is 2.17. The van der Waals surface area contributed by atoms with Gasteiger partial charge >= 0.3 is 6.03 Å². The Bertz CT molecular complexity index is 199.